The van der Waals surface area contributed by atoms with Gasteiger partial charge in [0, 0.05) is 22.0 Å². The van der Waals surface area contributed by atoms with E-state index in [1.807, 2.05) is 30.3 Å². The van der Waals surface area contributed by atoms with Crippen molar-refractivity contribution in [1.82, 2.24) is 0 Å². The van der Waals surface area contributed by atoms with Gasteiger partial charge in [-0.2, -0.15) is 0 Å². The van der Waals surface area contributed by atoms with Crippen molar-refractivity contribution in [1.29, 1.82) is 0 Å². The van der Waals surface area contributed by atoms with Crippen LogP contribution < -0.4 is 10.6 Å². The Balaban J connectivity index is 1.66. The molecule has 0 fully saturated rings. The summed E-state index contributed by atoms with van der Waals surface area (Å²) in [6.45, 7) is 4.21. The van der Waals surface area contributed by atoms with Crippen LogP contribution in [0.5, 0.6) is 0 Å². The Kier molecular flexibility index (Phi) is 5.35. The Morgan fingerprint density at radius 1 is 1.28 bits per heavy atom. The van der Waals surface area contributed by atoms with Gasteiger partial charge in [-0.3, -0.25) is 9.59 Å². The molecule has 3 rings (SSSR count). The van der Waals surface area contributed by atoms with Crippen LogP contribution in [0.3, 0.4) is 0 Å². The summed E-state index contributed by atoms with van der Waals surface area (Å²) in [7, 11) is 0. The number of hydrogen-bond donors (Lipinski definition) is 2. The van der Waals surface area contributed by atoms with E-state index in [1.165, 1.54) is 11.8 Å². The van der Waals surface area contributed by atoms with Crippen molar-refractivity contribution in [2.75, 3.05) is 10.6 Å². The SMILES string of the molecule is CC(C)c1cccc(NC(=O)CC2Sc3ccc(Cl)cc3NC2=O)c1. The second kappa shape index (κ2) is 7.50. The number of anilines is 2. The fourth-order valence-corrected chi connectivity index (χ4v) is 3.88. The number of rotatable bonds is 4. The molecule has 2 amide bonds. The van der Waals surface area contributed by atoms with E-state index in [4.69, 9.17) is 11.6 Å². The maximum Gasteiger partial charge on any atom is 0.238 e. The molecule has 6 heteroatoms. The lowest BCUT2D eigenvalue weighted by Gasteiger charge is -2.23. The van der Waals surface area contributed by atoms with Gasteiger partial charge in [-0.1, -0.05) is 37.6 Å². The third-order valence-corrected chi connectivity index (χ3v) is 5.48. The minimum absolute atomic E-state index is 0.116. The van der Waals surface area contributed by atoms with Gasteiger partial charge in [-0.25, -0.2) is 0 Å². The van der Waals surface area contributed by atoms with Gasteiger partial charge in [0.25, 0.3) is 0 Å². The van der Waals surface area contributed by atoms with Gasteiger partial charge in [0.2, 0.25) is 11.8 Å². The average Bonchev–Trinajstić information content (AvgIpc) is 2.56. The van der Waals surface area contributed by atoms with E-state index in [9.17, 15) is 9.59 Å². The quantitative estimate of drug-likeness (QED) is 0.799. The predicted molar refractivity (Wildman–Crippen MR) is 104 cm³/mol. The Morgan fingerprint density at radius 2 is 2.08 bits per heavy atom. The van der Waals surface area contributed by atoms with Crippen LogP contribution in [0.1, 0.15) is 31.7 Å². The summed E-state index contributed by atoms with van der Waals surface area (Å²) in [4.78, 5) is 25.5. The van der Waals surface area contributed by atoms with Gasteiger partial charge in [0.05, 0.1) is 10.9 Å². The molecule has 0 aliphatic carbocycles. The molecule has 4 nitrogen and oxygen atoms in total. The summed E-state index contributed by atoms with van der Waals surface area (Å²) in [6, 6.07) is 13.1. The van der Waals surface area contributed by atoms with Crippen LogP contribution >= 0.6 is 23.4 Å². The minimum Gasteiger partial charge on any atom is -0.326 e. The van der Waals surface area contributed by atoms with Crippen LogP contribution in [0.15, 0.2) is 47.4 Å². The van der Waals surface area contributed by atoms with Crippen LogP contribution in [0.4, 0.5) is 11.4 Å². The van der Waals surface area contributed by atoms with Crippen LogP contribution in [0, 0.1) is 0 Å². The molecule has 2 N–H and O–H groups in total. The van der Waals surface area contributed by atoms with E-state index in [2.05, 4.69) is 24.5 Å². The van der Waals surface area contributed by atoms with Crippen molar-refractivity contribution in [2.24, 2.45) is 0 Å². The van der Waals surface area contributed by atoms with E-state index in [0.717, 1.165) is 16.1 Å². The monoisotopic (exact) mass is 374 g/mol. The summed E-state index contributed by atoms with van der Waals surface area (Å²) >= 11 is 7.33. The zero-order valence-electron chi connectivity index (χ0n) is 14.0. The molecular weight excluding hydrogens is 356 g/mol. The fraction of sp³-hybridized carbons (Fsp3) is 0.263. The molecule has 0 bridgehead atoms. The molecule has 0 aromatic heterocycles. The second-order valence-electron chi connectivity index (χ2n) is 6.27. The normalized spacial score (nSPS) is 16.3. The molecule has 1 aliphatic heterocycles. The van der Waals surface area contributed by atoms with Gasteiger partial charge in [0.1, 0.15) is 0 Å². The molecule has 0 spiro atoms. The van der Waals surface area contributed by atoms with Crippen LogP contribution in [-0.2, 0) is 9.59 Å². The van der Waals surface area contributed by atoms with Gasteiger partial charge in [-0.15, -0.1) is 11.8 Å². The first-order valence-corrected chi connectivity index (χ1v) is 9.35. The zero-order chi connectivity index (χ0) is 18.0. The summed E-state index contributed by atoms with van der Waals surface area (Å²) in [5.74, 6) is 0.0386. The van der Waals surface area contributed by atoms with Crippen molar-refractivity contribution in [3.8, 4) is 0 Å². The number of benzene rings is 2. The Morgan fingerprint density at radius 3 is 2.84 bits per heavy atom. The number of thioether (sulfide) groups is 1. The van der Waals surface area contributed by atoms with Gasteiger partial charge in [0.15, 0.2) is 0 Å². The molecule has 1 aliphatic rings. The topological polar surface area (TPSA) is 58.2 Å². The first-order chi connectivity index (χ1) is 11.9. The number of hydrogen-bond acceptors (Lipinski definition) is 3. The van der Waals surface area contributed by atoms with Crippen molar-refractivity contribution in [3.63, 3.8) is 0 Å². The molecule has 130 valence electrons. The number of halogens is 1. The van der Waals surface area contributed by atoms with Gasteiger partial charge >= 0.3 is 0 Å². The van der Waals surface area contributed by atoms with Crippen LogP contribution in [0.2, 0.25) is 5.02 Å². The molecule has 2 aromatic carbocycles. The van der Waals surface area contributed by atoms with E-state index < -0.39 is 5.25 Å². The van der Waals surface area contributed by atoms with Crippen molar-refractivity contribution in [3.05, 3.63) is 53.1 Å². The van der Waals surface area contributed by atoms with Gasteiger partial charge < -0.3 is 10.6 Å². The highest BCUT2D eigenvalue weighted by Crippen LogP contribution is 2.38. The van der Waals surface area contributed by atoms with E-state index in [0.29, 0.717) is 16.6 Å². The lowest BCUT2D eigenvalue weighted by atomic mass is 10.0. The zero-order valence-corrected chi connectivity index (χ0v) is 15.6. The smallest absolute Gasteiger partial charge is 0.238 e. The van der Waals surface area contributed by atoms with Crippen molar-refractivity contribution < 1.29 is 9.59 Å². The number of carbonyl (C=O) groups excluding carboxylic acids is 2. The Bertz CT molecular complexity index is 823. The predicted octanol–water partition coefficient (Wildman–Crippen LogP) is 4.91. The highest BCUT2D eigenvalue weighted by Gasteiger charge is 2.29. The molecule has 1 heterocycles. The summed E-state index contributed by atoms with van der Waals surface area (Å²) in [5.41, 5.74) is 2.61. The summed E-state index contributed by atoms with van der Waals surface area (Å²) in [6.07, 6.45) is 0.116. The maximum atomic E-state index is 12.3. The Labute approximate surface area is 156 Å². The number of fused-ring (bicyclic) bond motifs is 1. The van der Waals surface area contributed by atoms with E-state index >= 15 is 0 Å². The van der Waals surface area contributed by atoms with E-state index in [-0.39, 0.29) is 18.2 Å². The third kappa shape index (κ3) is 4.35. The minimum atomic E-state index is -0.457. The lowest BCUT2D eigenvalue weighted by molar-refractivity contribution is -0.120. The molecule has 2 aromatic rings. The molecule has 0 radical (unpaired) electrons. The number of amides is 2. The van der Waals surface area contributed by atoms with Crippen LogP contribution in [-0.4, -0.2) is 17.1 Å². The second-order valence-corrected chi connectivity index (χ2v) is 7.95. The Hall–Kier alpha value is -1.98. The van der Waals surface area contributed by atoms with Crippen LogP contribution in [0.25, 0.3) is 0 Å². The molecule has 0 saturated heterocycles. The fourth-order valence-electron chi connectivity index (χ4n) is 2.61. The highest BCUT2D eigenvalue weighted by molar-refractivity contribution is 8.01. The number of nitrogens with one attached hydrogen (secondary N) is 2. The molecule has 1 atom stereocenters. The highest BCUT2D eigenvalue weighted by atomic mass is 35.5. The largest absolute Gasteiger partial charge is 0.326 e. The lowest BCUT2D eigenvalue weighted by Crippen LogP contribution is -2.32. The first kappa shape index (κ1) is 17.8. The summed E-state index contributed by atoms with van der Waals surface area (Å²) < 4.78 is 0. The average molecular weight is 375 g/mol. The van der Waals surface area contributed by atoms with E-state index in [1.54, 1.807) is 12.1 Å². The van der Waals surface area contributed by atoms with Crippen molar-refractivity contribution >= 4 is 46.6 Å². The number of carbonyl (C=O) groups is 2. The molecule has 0 saturated carbocycles. The third-order valence-electron chi connectivity index (χ3n) is 3.97. The molecule has 1 unspecified atom stereocenters. The van der Waals surface area contributed by atoms with Crippen molar-refractivity contribution in [2.45, 2.75) is 36.3 Å². The standard InChI is InChI=1S/C19H19ClN2O2S/c1-11(2)12-4-3-5-14(8-12)21-18(23)10-17-19(24)22-15-9-13(20)6-7-16(15)25-17/h3-9,11,17H,10H2,1-2H3,(H,21,23)(H,22,24). The maximum absolute atomic E-state index is 12.3. The first-order valence-electron chi connectivity index (χ1n) is 8.09. The summed E-state index contributed by atoms with van der Waals surface area (Å²) in [5, 5.41) is 5.82. The molecule has 25 heavy (non-hydrogen) atoms. The van der Waals surface area contributed by atoms with Gasteiger partial charge in [-0.05, 0) is 41.8 Å². The molecular formula is C19H19ClN2O2S.